The summed E-state index contributed by atoms with van der Waals surface area (Å²) in [6, 6.07) is 5.58. The van der Waals surface area contributed by atoms with Gasteiger partial charge < -0.3 is 20.7 Å². The van der Waals surface area contributed by atoms with Crippen molar-refractivity contribution in [3.8, 4) is 0 Å². The Bertz CT molecular complexity index is 562. The Kier molecular flexibility index (Phi) is 6.37. The number of amides is 3. The van der Waals surface area contributed by atoms with Gasteiger partial charge in [-0.3, -0.25) is 9.69 Å². The molecule has 1 aromatic rings. The molecule has 1 heterocycles. The number of anilines is 2. The summed E-state index contributed by atoms with van der Waals surface area (Å²) in [6.45, 7) is 4.56. The van der Waals surface area contributed by atoms with E-state index in [1.807, 2.05) is 25.1 Å². The summed E-state index contributed by atoms with van der Waals surface area (Å²) in [5.41, 5.74) is 2.67. The topological polar surface area (TPSA) is 82.7 Å². The normalized spacial score (nSPS) is 12.9. The third kappa shape index (κ3) is 4.67. The van der Waals surface area contributed by atoms with Crippen LogP contribution in [-0.2, 0) is 16.0 Å². The molecule has 0 aliphatic carbocycles. The molecule has 0 saturated carbocycles. The molecule has 0 saturated heterocycles. The molecule has 23 heavy (non-hydrogen) atoms. The fourth-order valence-electron chi connectivity index (χ4n) is 2.50. The molecule has 0 bridgehead atoms. The van der Waals surface area contributed by atoms with Crippen molar-refractivity contribution in [1.29, 1.82) is 0 Å². The Labute approximate surface area is 136 Å². The number of nitrogens with zero attached hydrogens (tertiary/aromatic N) is 1. The minimum atomic E-state index is -0.122. The van der Waals surface area contributed by atoms with E-state index in [-0.39, 0.29) is 18.5 Å². The first kappa shape index (κ1) is 17.2. The number of benzene rings is 1. The zero-order valence-electron chi connectivity index (χ0n) is 13.6. The summed E-state index contributed by atoms with van der Waals surface area (Å²) >= 11 is 0. The van der Waals surface area contributed by atoms with E-state index in [0.29, 0.717) is 31.9 Å². The van der Waals surface area contributed by atoms with Gasteiger partial charge in [-0.15, -0.1) is 0 Å². The lowest BCUT2D eigenvalue weighted by Gasteiger charge is -2.18. The van der Waals surface area contributed by atoms with Gasteiger partial charge >= 0.3 is 6.03 Å². The number of hydrogen-bond acceptors (Lipinski definition) is 4. The molecule has 0 fully saturated rings. The highest BCUT2D eigenvalue weighted by atomic mass is 16.5. The molecule has 1 aromatic carbocycles. The fraction of sp³-hybridized carbons (Fsp3) is 0.500. The molecular formula is C16H24N4O3. The van der Waals surface area contributed by atoms with Gasteiger partial charge in [0.05, 0.1) is 18.8 Å². The molecular weight excluding hydrogens is 296 g/mol. The van der Waals surface area contributed by atoms with E-state index in [9.17, 15) is 9.59 Å². The second-order valence-electron chi connectivity index (χ2n) is 5.30. The third-order valence-corrected chi connectivity index (χ3v) is 3.61. The van der Waals surface area contributed by atoms with Crippen LogP contribution in [0.2, 0.25) is 0 Å². The fourth-order valence-corrected chi connectivity index (χ4v) is 2.50. The van der Waals surface area contributed by atoms with Gasteiger partial charge in [0.2, 0.25) is 5.91 Å². The first-order chi connectivity index (χ1) is 11.2. The molecule has 0 spiro atoms. The average molecular weight is 320 g/mol. The van der Waals surface area contributed by atoms with Gasteiger partial charge in [0.15, 0.2) is 0 Å². The molecule has 3 amide bonds. The molecule has 3 N–H and O–H groups in total. The molecule has 0 radical (unpaired) electrons. The number of ether oxygens (including phenoxy) is 1. The number of carbonyl (C=O) groups is 2. The standard InChI is InChI=1S/C16H24N4O3/c1-3-18-16(22)20-8-6-12-4-5-13(10-14(12)20)19-15(21)11-17-7-9-23-2/h4-5,10,17H,3,6-9,11H2,1-2H3,(H,18,22)(H,19,21). The van der Waals surface area contributed by atoms with Crippen LogP contribution in [0, 0.1) is 0 Å². The summed E-state index contributed by atoms with van der Waals surface area (Å²) in [5, 5.41) is 8.64. The van der Waals surface area contributed by atoms with Crippen molar-refractivity contribution in [2.45, 2.75) is 13.3 Å². The lowest BCUT2D eigenvalue weighted by atomic mass is 10.1. The monoisotopic (exact) mass is 320 g/mol. The lowest BCUT2D eigenvalue weighted by molar-refractivity contribution is -0.115. The van der Waals surface area contributed by atoms with Crippen molar-refractivity contribution in [3.63, 3.8) is 0 Å². The summed E-state index contributed by atoms with van der Waals surface area (Å²) in [5.74, 6) is -0.122. The largest absolute Gasteiger partial charge is 0.383 e. The molecule has 1 aliphatic heterocycles. The summed E-state index contributed by atoms with van der Waals surface area (Å²) in [4.78, 5) is 25.7. The van der Waals surface area contributed by atoms with Gasteiger partial charge in [-0.1, -0.05) is 6.07 Å². The number of urea groups is 1. The van der Waals surface area contributed by atoms with Crippen LogP contribution in [0.25, 0.3) is 0 Å². The molecule has 0 aromatic heterocycles. The Morgan fingerprint density at radius 3 is 2.91 bits per heavy atom. The van der Waals surface area contributed by atoms with E-state index in [1.165, 1.54) is 0 Å². The highest BCUT2D eigenvalue weighted by Gasteiger charge is 2.24. The predicted octanol–water partition coefficient (Wildman–Crippen LogP) is 0.953. The first-order valence-corrected chi connectivity index (χ1v) is 7.83. The van der Waals surface area contributed by atoms with Crippen LogP contribution >= 0.6 is 0 Å². The summed E-state index contributed by atoms with van der Waals surface area (Å²) in [7, 11) is 1.62. The summed E-state index contributed by atoms with van der Waals surface area (Å²) < 4.78 is 4.91. The second-order valence-corrected chi connectivity index (χ2v) is 5.30. The van der Waals surface area contributed by atoms with E-state index in [2.05, 4.69) is 16.0 Å². The Balaban J connectivity index is 1.96. The Morgan fingerprint density at radius 1 is 1.35 bits per heavy atom. The maximum absolute atomic E-state index is 12.1. The van der Waals surface area contributed by atoms with Crippen molar-refractivity contribution in [3.05, 3.63) is 23.8 Å². The number of nitrogens with one attached hydrogen (secondary N) is 3. The van der Waals surface area contributed by atoms with Gasteiger partial charge in [0.1, 0.15) is 0 Å². The van der Waals surface area contributed by atoms with Crippen molar-refractivity contribution >= 4 is 23.3 Å². The van der Waals surface area contributed by atoms with Crippen LogP contribution in [0.1, 0.15) is 12.5 Å². The van der Waals surface area contributed by atoms with Crippen molar-refractivity contribution < 1.29 is 14.3 Å². The number of carbonyl (C=O) groups excluding carboxylic acids is 2. The zero-order valence-corrected chi connectivity index (χ0v) is 13.6. The SMILES string of the molecule is CCNC(=O)N1CCc2ccc(NC(=O)CNCCOC)cc21. The Morgan fingerprint density at radius 2 is 2.17 bits per heavy atom. The van der Waals surface area contributed by atoms with E-state index >= 15 is 0 Å². The van der Waals surface area contributed by atoms with Crippen LogP contribution in [0.5, 0.6) is 0 Å². The van der Waals surface area contributed by atoms with Gasteiger partial charge in [0.25, 0.3) is 0 Å². The van der Waals surface area contributed by atoms with E-state index < -0.39 is 0 Å². The Hall–Kier alpha value is -2.12. The zero-order chi connectivity index (χ0) is 16.7. The molecule has 0 unspecified atom stereocenters. The van der Waals surface area contributed by atoms with Gasteiger partial charge in [-0.25, -0.2) is 4.79 Å². The van der Waals surface area contributed by atoms with Crippen LogP contribution in [0.3, 0.4) is 0 Å². The van der Waals surface area contributed by atoms with Crippen molar-refractivity contribution in [2.24, 2.45) is 0 Å². The number of hydrogen-bond donors (Lipinski definition) is 3. The van der Waals surface area contributed by atoms with E-state index in [4.69, 9.17) is 4.74 Å². The smallest absolute Gasteiger partial charge is 0.321 e. The van der Waals surface area contributed by atoms with Crippen LogP contribution in [0.15, 0.2) is 18.2 Å². The number of rotatable bonds is 7. The van der Waals surface area contributed by atoms with E-state index in [0.717, 1.165) is 17.7 Å². The third-order valence-electron chi connectivity index (χ3n) is 3.61. The quantitative estimate of drug-likeness (QED) is 0.653. The maximum Gasteiger partial charge on any atom is 0.321 e. The predicted molar refractivity (Wildman–Crippen MR) is 89.9 cm³/mol. The van der Waals surface area contributed by atoms with Crippen LogP contribution in [-0.4, -0.2) is 51.8 Å². The first-order valence-electron chi connectivity index (χ1n) is 7.83. The molecule has 7 nitrogen and oxygen atoms in total. The number of fused-ring (bicyclic) bond motifs is 1. The lowest BCUT2D eigenvalue weighted by Crippen LogP contribution is -2.38. The van der Waals surface area contributed by atoms with Crippen LogP contribution < -0.4 is 20.9 Å². The second kappa shape index (κ2) is 8.50. The minimum Gasteiger partial charge on any atom is -0.383 e. The highest BCUT2D eigenvalue weighted by Crippen LogP contribution is 2.30. The van der Waals surface area contributed by atoms with Crippen molar-refractivity contribution in [1.82, 2.24) is 10.6 Å². The van der Waals surface area contributed by atoms with E-state index in [1.54, 1.807) is 12.0 Å². The van der Waals surface area contributed by atoms with Gasteiger partial charge in [0, 0.05) is 32.4 Å². The van der Waals surface area contributed by atoms with Crippen LogP contribution in [0.4, 0.5) is 16.2 Å². The van der Waals surface area contributed by atoms with Crippen molar-refractivity contribution in [2.75, 3.05) is 50.1 Å². The van der Waals surface area contributed by atoms with Gasteiger partial charge in [-0.2, -0.15) is 0 Å². The highest BCUT2D eigenvalue weighted by molar-refractivity contribution is 5.97. The number of methoxy groups -OCH3 is 1. The molecule has 0 atom stereocenters. The molecule has 2 rings (SSSR count). The summed E-state index contributed by atoms with van der Waals surface area (Å²) in [6.07, 6.45) is 0.833. The van der Waals surface area contributed by atoms with Gasteiger partial charge in [-0.05, 0) is 31.0 Å². The molecule has 126 valence electrons. The molecule has 7 heteroatoms. The average Bonchev–Trinajstić information content (AvgIpc) is 2.95. The maximum atomic E-state index is 12.1. The molecule has 1 aliphatic rings. The minimum absolute atomic E-state index is 0.101.